The van der Waals surface area contributed by atoms with E-state index in [-0.39, 0.29) is 28.6 Å². The molecule has 0 amide bonds. The van der Waals surface area contributed by atoms with Crippen LogP contribution in [0.2, 0.25) is 0 Å². The van der Waals surface area contributed by atoms with Gasteiger partial charge in [-0.15, -0.1) is 0 Å². The van der Waals surface area contributed by atoms with E-state index >= 15 is 0 Å². The van der Waals surface area contributed by atoms with Crippen molar-refractivity contribution in [2.24, 2.45) is 0 Å². The molecule has 1 fully saturated rings. The second-order valence-corrected chi connectivity index (χ2v) is 5.73. The zero-order chi connectivity index (χ0) is 15.6. The Balaban J connectivity index is 2.26. The zero-order valence-corrected chi connectivity index (χ0v) is 12.0. The van der Waals surface area contributed by atoms with Crippen molar-refractivity contribution in [3.63, 3.8) is 0 Å². The number of carbonyl (C=O) groups is 1. The summed E-state index contributed by atoms with van der Waals surface area (Å²) >= 11 is 0. The molecule has 0 saturated carbocycles. The molecule has 2 N–H and O–H groups in total. The third-order valence-electron chi connectivity index (χ3n) is 3.50. The number of benzene rings is 1. The van der Waals surface area contributed by atoms with Crippen LogP contribution in [-0.2, 0) is 4.74 Å². The Labute approximate surface area is 122 Å². The van der Waals surface area contributed by atoms with E-state index in [1.165, 1.54) is 18.2 Å². The van der Waals surface area contributed by atoms with E-state index in [4.69, 9.17) is 4.74 Å². The number of nitrogens with zero attached hydrogens (tertiary/aromatic N) is 1. The Hall–Kier alpha value is -2.15. The topological polar surface area (TPSA) is 102 Å². The first-order valence-electron chi connectivity index (χ1n) is 6.71. The van der Waals surface area contributed by atoms with Gasteiger partial charge in [0.05, 0.1) is 21.8 Å². The Morgan fingerprint density at radius 3 is 2.81 bits per heavy atom. The Kier molecular flexibility index (Phi) is 4.13. The fourth-order valence-electron chi connectivity index (χ4n) is 2.53. The number of aromatic carboxylic acids is 1. The monoisotopic (exact) mass is 294 g/mol. The highest BCUT2D eigenvalue weighted by atomic mass is 16.6. The number of hydrogen-bond donors (Lipinski definition) is 2. The maximum absolute atomic E-state index is 11.2. The molecule has 7 nitrogen and oxygen atoms in total. The number of rotatable bonds is 4. The van der Waals surface area contributed by atoms with Crippen molar-refractivity contribution in [1.82, 2.24) is 0 Å². The van der Waals surface area contributed by atoms with E-state index in [9.17, 15) is 20.0 Å². The summed E-state index contributed by atoms with van der Waals surface area (Å²) in [5, 5.41) is 23.1. The van der Waals surface area contributed by atoms with E-state index in [0.29, 0.717) is 13.0 Å². The quantitative estimate of drug-likeness (QED) is 0.654. The molecule has 1 heterocycles. The number of nitrogens with one attached hydrogen (secondary N) is 1. The molecule has 0 radical (unpaired) electrons. The molecule has 2 rings (SSSR count). The molecule has 0 spiro atoms. The molecule has 0 aromatic heterocycles. The standard InChI is InChI=1S/C14H18N2O5/c1-14(2)8-9(5-6-21-14)15-12-7-10(16(19)20)3-4-11(12)13(17)18/h3-4,7,9,15H,5-6,8H2,1-2H3,(H,17,18). The van der Waals surface area contributed by atoms with Crippen molar-refractivity contribution in [2.45, 2.75) is 38.3 Å². The number of nitro benzene ring substituents is 1. The van der Waals surface area contributed by atoms with Gasteiger partial charge in [0.1, 0.15) is 0 Å². The third kappa shape index (κ3) is 3.69. The van der Waals surface area contributed by atoms with Crippen LogP contribution in [0.25, 0.3) is 0 Å². The van der Waals surface area contributed by atoms with Gasteiger partial charge in [0.2, 0.25) is 0 Å². The molecular formula is C14H18N2O5. The summed E-state index contributed by atoms with van der Waals surface area (Å²) in [5.41, 5.74) is -0.113. The average Bonchev–Trinajstić information content (AvgIpc) is 2.37. The van der Waals surface area contributed by atoms with Crippen molar-refractivity contribution in [2.75, 3.05) is 11.9 Å². The highest BCUT2D eigenvalue weighted by Crippen LogP contribution is 2.29. The molecule has 114 valence electrons. The molecule has 1 unspecified atom stereocenters. The maximum atomic E-state index is 11.2. The van der Waals surface area contributed by atoms with Gasteiger partial charge in [-0.3, -0.25) is 10.1 Å². The van der Waals surface area contributed by atoms with Crippen LogP contribution in [0.4, 0.5) is 11.4 Å². The van der Waals surface area contributed by atoms with Gasteiger partial charge < -0.3 is 15.2 Å². The summed E-state index contributed by atoms with van der Waals surface area (Å²) in [6, 6.07) is 3.75. The van der Waals surface area contributed by atoms with Crippen molar-refractivity contribution < 1.29 is 19.6 Å². The van der Waals surface area contributed by atoms with Gasteiger partial charge in [0.25, 0.3) is 5.69 Å². The molecule has 1 aliphatic rings. The highest BCUT2D eigenvalue weighted by Gasteiger charge is 2.29. The number of carboxylic acid groups (broad SMARTS) is 1. The van der Waals surface area contributed by atoms with E-state index in [1.54, 1.807) is 0 Å². The van der Waals surface area contributed by atoms with Crippen LogP contribution in [0.15, 0.2) is 18.2 Å². The van der Waals surface area contributed by atoms with Crippen LogP contribution in [0.3, 0.4) is 0 Å². The van der Waals surface area contributed by atoms with Crippen LogP contribution in [0, 0.1) is 10.1 Å². The summed E-state index contributed by atoms with van der Waals surface area (Å²) in [6.07, 6.45) is 1.43. The molecule has 1 atom stereocenters. The first-order chi connectivity index (χ1) is 9.78. The lowest BCUT2D eigenvalue weighted by Crippen LogP contribution is -2.40. The summed E-state index contributed by atoms with van der Waals surface area (Å²) in [6.45, 7) is 4.50. The van der Waals surface area contributed by atoms with E-state index in [1.807, 2.05) is 13.8 Å². The van der Waals surface area contributed by atoms with Gasteiger partial charge in [-0.25, -0.2) is 4.79 Å². The minimum absolute atomic E-state index is 0.0221. The predicted molar refractivity (Wildman–Crippen MR) is 76.7 cm³/mol. The van der Waals surface area contributed by atoms with Gasteiger partial charge in [-0.05, 0) is 32.8 Å². The molecule has 1 aromatic carbocycles. The van der Waals surface area contributed by atoms with Crippen LogP contribution in [0.5, 0.6) is 0 Å². The molecular weight excluding hydrogens is 276 g/mol. The number of hydrogen-bond acceptors (Lipinski definition) is 5. The fraction of sp³-hybridized carbons (Fsp3) is 0.500. The minimum Gasteiger partial charge on any atom is -0.478 e. The van der Waals surface area contributed by atoms with Crippen LogP contribution in [0.1, 0.15) is 37.0 Å². The molecule has 1 saturated heterocycles. The van der Waals surface area contributed by atoms with Gasteiger partial charge >= 0.3 is 5.97 Å². The summed E-state index contributed by atoms with van der Waals surface area (Å²) in [5.74, 6) is -1.11. The number of anilines is 1. The Morgan fingerprint density at radius 2 is 2.24 bits per heavy atom. The van der Waals surface area contributed by atoms with Crippen molar-refractivity contribution in [3.05, 3.63) is 33.9 Å². The van der Waals surface area contributed by atoms with E-state index in [0.717, 1.165) is 6.42 Å². The molecule has 0 bridgehead atoms. The zero-order valence-electron chi connectivity index (χ0n) is 12.0. The van der Waals surface area contributed by atoms with Gasteiger partial charge in [-0.1, -0.05) is 0 Å². The van der Waals surface area contributed by atoms with Gasteiger partial charge in [0, 0.05) is 24.8 Å². The lowest BCUT2D eigenvalue weighted by molar-refractivity contribution is -0.384. The normalized spacial score (nSPS) is 20.8. The van der Waals surface area contributed by atoms with E-state index < -0.39 is 10.9 Å². The number of non-ortho nitro benzene ring substituents is 1. The first kappa shape index (κ1) is 15.2. The van der Waals surface area contributed by atoms with E-state index in [2.05, 4.69) is 5.32 Å². The summed E-state index contributed by atoms with van der Waals surface area (Å²) in [7, 11) is 0. The van der Waals surface area contributed by atoms with Crippen molar-refractivity contribution in [3.8, 4) is 0 Å². The van der Waals surface area contributed by atoms with Crippen molar-refractivity contribution in [1.29, 1.82) is 0 Å². The number of carboxylic acids is 1. The molecule has 0 aliphatic carbocycles. The summed E-state index contributed by atoms with van der Waals surface area (Å²) in [4.78, 5) is 21.5. The lowest BCUT2D eigenvalue weighted by Gasteiger charge is -2.36. The van der Waals surface area contributed by atoms with Crippen LogP contribution < -0.4 is 5.32 Å². The molecule has 21 heavy (non-hydrogen) atoms. The molecule has 1 aliphatic heterocycles. The second kappa shape index (κ2) is 5.69. The fourth-order valence-corrected chi connectivity index (χ4v) is 2.53. The average molecular weight is 294 g/mol. The Morgan fingerprint density at radius 1 is 1.52 bits per heavy atom. The smallest absolute Gasteiger partial charge is 0.337 e. The second-order valence-electron chi connectivity index (χ2n) is 5.73. The lowest BCUT2D eigenvalue weighted by atomic mass is 9.93. The SMILES string of the molecule is CC1(C)CC(Nc2cc([N+](=O)[O-])ccc2C(=O)O)CCO1. The molecule has 1 aromatic rings. The minimum atomic E-state index is -1.11. The highest BCUT2D eigenvalue weighted by molar-refractivity contribution is 5.94. The maximum Gasteiger partial charge on any atom is 0.337 e. The predicted octanol–water partition coefficient (Wildman–Crippen LogP) is 2.66. The van der Waals surface area contributed by atoms with Crippen LogP contribution >= 0.6 is 0 Å². The molecule has 7 heteroatoms. The van der Waals surface area contributed by atoms with Crippen molar-refractivity contribution >= 4 is 17.3 Å². The van der Waals surface area contributed by atoms with Crippen LogP contribution in [-0.4, -0.2) is 34.2 Å². The number of ether oxygens (including phenoxy) is 1. The first-order valence-corrected chi connectivity index (χ1v) is 6.71. The summed E-state index contributed by atoms with van der Waals surface area (Å²) < 4.78 is 5.61. The third-order valence-corrected chi connectivity index (χ3v) is 3.50. The number of nitro groups is 1. The van der Waals surface area contributed by atoms with Gasteiger partial charge in [0.15, 0.2) is 0 Å². The Bertz CT molecular complexity index is 570. The van der Waals surface area contributed by atoms with Gasteiger partial charge in [-0.2, -0.15) is 0 Å². The largest absolute Gasteiger partial charge is 0.478 e.